The molecule has 0 aliphatic carbocycles. The Bertz CT molecular complexity index is 1850. The molecule has 6 rings (SSSR count). The van der Waals surface area contributed by atoms with Crippen LogP contribution in [0.15, 0.2) is 74.0 Å². The summed E-state index contributed by atoms with van der Waals surface area (Å²) in [5, 5.41) is 0. The van der Waals surface area contributed by atoms with Gasteiger partial charge in [-0.2, -0.15) is 0 Å². The van der Waals surface area contributed by atoms with E-state index in [4.69, 9.17) is 14.7 Å². The van der Waals surface area contributed by atoms with E-state index >= 15 is 0 Å². The van der Waals surface area contributed by atoms with Crippen molar-refractivity contribution in [2.45, 2.75) is 80.1 Å². The first-order valence-electron chi connectivity index (χ1n) is 15.8. The van der Waals surface area contributed by atoms with Crippen LogP contribution in [0.25, 0.3) is 23.3 Å². The summed E-state index contributed by atoms with van der Waals surface area (Å²) in [6.45, 7) is 13.2. The zero-order valence-electron chi connectivity index (χ0n) is 27.0. The van der Waals surface area contributed by atoms with Gasteiger partial charge in [-0.3, -0.25) is 14.8 Å². The topological polar surface area (TPSA) is 82.6 Å². The van der Waals surface area contributed by atoms with Crippen LogP contribution >= 0.6 is 0 Å². The third kappa shape index (κ3) is 5.17. The molecule has 8 bridgehead atoms. The van der Waals surface area contributed by atoms with Crippen molar-refractivity contribution >= 4 is 29.5 Å². The maximum Gasteiger partial charge on any atom is 0.305 e. The molecule has 226 valence electrons. The second kappa shape index (κ2) is 11.9. The molecule has 6 nitrogen and oxygen atoms in total. The molecule has 3 aliphatic rings. The highest BCUT2D eigenvalue weighted by molar-refractivity contribution is 6.08. The van der Waals surface area contributed by atoms with E-state index in [1.165, 1.54) is 51.8 Å². The van der Waals surface area contributed by atoms with Crippen LogP contribution in [0.4, 0.5) is 0 Å². The van der Waals surface area contributed by atoms with E-state index in [1.54, 1.807) is 0 Å². The van der Waals surface area contributed by atoms with Crippen LogP contribution in [0.1, 0.15) is 86.4 Å². The summed E-state index contributed by atoms with van der Waals surface area (Å²) in [6, 6.07) is 10.6. The molecule has 1 aromatic carbocycles. The van der Waals surface area contributed by atoms with Gasteiger partial charge in [0, 0.05) is 47.6 Å². The second-order valence-electron chi connectivity index (χ2n) is 12.0. The number of esters is 1. The van der Waals surface area contributed by atoms with Crippen LogP contribution in [-0.4, -0.2) is 34.5 Å². The number of aromatic nitrogens is 2. The molecule has 6 heteroatoms. The molecule has 3 aromatic rings. The van der Waals surface area contributed by atoms with Crippen LogP contribution < -0.4 is 0 Å². The fourth-order valence-corrected chi connectivity index (χ4v) is 7.09. The fraction of sp³-hybridized carbons (Fsp3) is 0.342. The summed E-state index contributed by atoms with van der Waals surface area (Å²) < 4.78 is 5.01. The summed E-state index contributed by atoms with van der Waals surface area (Å²) in [5.41, 5.74) is 19.6. The van der Waals surface area contributed by atoms with E-state index in [9.17, 15) is 4.79 Å². The molecular formula is C38H42N4O2. The average Bonchev–Trinajstić information content (AvgIpc) is 3.69. The predicted molar refractivity (Wildman–Crippen MR) is 181 cm³/mol. The van der Waals surface area contributed by atoms with E-state index in [1.807, 2.05) is 0 Å². The normalized spacial score (nSPS) is 18.6. The van der Waals surface area contributed by atoms with Crippen LogP contribution in [0.5, 0.6) is 0 Å². The minimum atomic E-state index is -0.210. The summed E-state index contributed by atoms with van der Waals surface area (Å²) in [5.74, 6) is -0.210. The number of aliphatic imine (C=N–C) groups is 2. The summed E-state index contributed by atoms with van der Waals surface area (Å²) >= 11 is 0. The molecule has 0 fully saturated rings. The van der Waals surface area contributed by atoms with Crippen LogP contribution in [0, 0.1) is 13.8 Å². The Morgan fingerprint density at radius 3 is 2.02 bits per heavy atom. The number of benzene rings is 1. The molecule has 44 heavy (non-hydrogen) atoms. The van der Waals surface area contributed by atoms with Crippen molar-refractivity contribution < 1.29 is 9.53 Å². The summed E-state index contributed by atoms with van der Waals surface area (Å²) in [6.07, 6.45) is 8.60. The molecule has 0 saturated carbocycles. The largest absolute Gasteiger partial charge is 0.469 e. The average molecular weight is 587 g/mol. The fourth-order valence-electron chi connectivity index (χ4n) is 7.09. The molecule has 0 radical (unpaired) electrons. The van der Waals surface area contributed by atoms with Gasteiger partial charge in [-0.25, -0.2) is 0 Å². The van der Waals surface area contributed by atoms with Crippen molar-refractivity contribution in [1.29, 1.82) is 0 Å². The lowest BCUT2D eigenvalue weighted by atomic mass is 9.94. The van der Waals surface area contributed by atoms with E-state index in [0.717, 1.165) is 70.3 Å². The summed E-state index contributed by atoms with van der Waals surface area (Å²) in [7, 11) is 1.45. The number of aromatic amines is 2. The molecule has 0 spiro atoms. The lowest BCUT2D eigenvalue weighted by Crippen LogP contribution is -2.09. The maximum atomic E-state index is 12.2. The Labute approximate surface area is 260 Å². The van der Waals surface area contributed by atoms with Gasteiger partial charge in [0.1, 0.15) is 0 Å². The van der Waals surface area contributed by atoms with Gasteiger partial charge in [-0.15, -0.1) is 0 Å². The first-order chi connectivity index (χ1) is 21.2. The zero-order valence-corrected chi connectivity index (χ0v) is 27.0. The Morgan fingerprint density at radius 1 is 0.795 bits per heavy atom. The van der Waals surface area contributed by atoms with E-state index in [0.29, 0.717) is 19.3 Å². The van der Waals surface area contributed by atoms with E-state index in [-0.39, 0.29) is 5.97 Å². The third-order valence-electron chi connectivity index (χ3n) is 9.58. The van der Waals surface area contributed by atoms with Crippen molar-refractivity contribution in [2.75, 3.05) is 7.11 Å². The number of hydrogen-bond acceptors (Lipinski definition) is 4. The molecule has 0 saturated heterocycles. The third-order valence-corrected chi connectivity index (χ3v) is 9.58. The number of fused-ring (bicyclic) bond motifs is 6. The number of rotatable bonds is 6. The molecule has 0 unspecified atom stereocenters. The standard InChI is InChI=1S/C38H42N4O2/c1-8-26-21(3)29-17-31-23(5)28(15-16-37(43)44-7)35(41-31)20-36-38(25-13-11-10-12-14-25)24(6)32(42-36)18-30-22(4)27(9-2)34(40-30)19-33(26)39-29/h10-14,17-18,39,42H,8-9,15-16,19-20H2,1-7H3/b30-18-,31-17-. The van der Waals surface area contributed by atoms with Gasteiger partial charge < -0.3 is 14.7 Å². The number of nitrogens with zero attached hydrogens (tertiary/aromatic N) is 2. The molecule has 0 atom stereocenters. The lowest BCUT2D eigenvalue weighted by molar-refractivity contribution is -0.140. The predicted octanol–water partition coefficient (Wildman–Crippen LogP) is 8.58. The minimum absolute atomic E-state index is 0.210. The number of methoxy groups -OCH3 is 1. The highest BCUT2D eigenvalue weighted by Crippen LogP contribution is 2.38. The number of carbonyl (C=O) groups excluding carboxylic acids is 1. The second-order valence-corrected chi connectivity index (χ2v) is 12.0. The van der Waals surface area contributed by atoms with Gasteiger partial charge in [0.05, 0.1) is 29.9 Å². The van der Waals surface area contributed by atoms with Gasteiger partial charge in [0.2, 0.25) is 0 Å². The maximum absolute atomic E-state index is 12.2. The Hall–Kier alpha value is -4.45. The molecule has 3 aliphatic heterocycles. The van der Waals surface area contributed by atoms with Crippen molar-refractivity contribution in [2.24, 2.45) is 9.98 Å². The number of H-pyrrole nitrogens is 2. The quantitative estimate of drug-likeness (QED) is 0.284. The van der Waals surface area contributed by atoms with Crippen molar-refractivity contribution in [3.05, 3.63) is 103 Å². The molecule has 5 heterocycles. The van der Waals surface area contributed by atoms with Gasteiger partial charge in [-0.1, -0.05) is 44.2 Å². The van der Waals surface area contributed by atoms with Gasteiger partial charge >= 0.3 is 5.97 Å². The monoisotopic (exact) mass is 586 g/mol. The molecular weight excluding hydrogens is 544 g/mol. The SMILES string of the molecule is CCC1=C(C)/C2=C/c3[nH]c(c(-c4ccccc4)c3C)CC3=N/C(=C\c4[nH]c(c(CC)c4C)CC1=N2)C(C)=C3CCC(=O)OC. The molecule has 2 N–H and O–H groups in total. The number of nitrogens with one attached hydrogen (secondary N) is 2. The summed E-state index contributed by atoms with van der Waals surface area (Å²) in [4.78, 5) is 30.3. The van der Waals surface area contributed by atoms with E-state index in [2.05, 4.69) is 94.0 Å². The lowest BCUT2D eigenvalue weighted by Gasteiger charge is -2.10. The minimum Gasteiger partial charge on any atom is -0.469 e. The van der Waals surface area contributed by atoms with E-state index < -0.39 is 0 Å². The van der Waals surface area contributed by atoms with Gasteiger partial charge in [0.15, 0.2) is 0 Å². The van der Waals surface area contributed by atoms with Crippen molar-refractivity contribution in [3.8, 4) is 11.1 Å². The number of hydrogen-bond donors (Lipinski definition) is 2. The number of carbonyl (C=O) groups is 1. The van der Waals surface area contributed by atoms with Crippen molar-refractivity contribution in [1.82, 2.24) is 9.97 Å². The zero-order chi connectivity index (χ0) is 31.1. The highest BCUT2D eigenvalue weighted by Gasteiger charge is 2.27. The number of ether oxygens (including phenoxy) is 1. The highest BCUT2D eigenvalue weighted by atomic mass is 16.5. The van der Waals surface area contributed by atoms with Crippen LogP contribution in [0.2, 0.25) is 0 Å². The molecule has 0 amide bonds. The Morgan fingerprint density at radius 2 is 1.39 bits per heavy atom. The Balaban J connectivity index is 1.59. The smallest absolute Gasteiger partial charge is 0.305 e. The van der Waals surface area contributed by atoms with Crippen LogP contribution in [0.3, 0.4) is 0 Å². The number of allylic oxidation sites excluding steroid dienone is 4. The first-order valence-corrected chi connectivity index (χ1v) is 15.8. The van der Waals surface area contributed by atoms with Crippen LogP contribution in [-0.2, 0) is 28.8 Å². The Kier molecular flexibility index (Phi) is 8.02. The van der Waals surface area contributed by atoms with Gasteiger partial charge in [0.25, 0.3) is 0 Å². The first kappa shape index (κ1) is 29.6. The van der Waals surface area contributed by atoms with Gasteiger partial charge in [-0.05, 0) is 104 Å². The molecule has 2 aromatic heterocycles. The van der Waals surface area contributed by atoms with Crippen molar-refractivity contribution in [3.63, 3.8) is 0 Å².